The number of aromatic nitrogens is 3. The standard InChI is InChI=1S/C20H20N4OS/c21-13-15-12-14-6-1-2-7-16(14)22-19(15)26-11-5-10-24-18-9-4-3-8-17(18)23-20(24)25/h3-4,8-9,12H,1-2,5-7,10-11H2,(H,23,25). The summed E-state index contributed by atoms with van der Waals surface area (Å²) >= 11 is 1.62. The Balaban J connectivity index is 1.44. The Hall–Kier alpha value is -2.52. The maximum Gasteiger partial charge on any atom is 0.326 e. The fraction of sp³-hybridized carbons (Fsp3) is 0.350. The average Bonchev–Trinajstić information content (AvgIpc) is 2.99. The predicted molar refractivity (Wildman–Crippen MR) is 103 cm³/mol. The number of hydrogen-bond donors (Lipinski definition) is 1. The Morgan fingerprint density at radius 1 is 1.27 bits per heavy atom. The summed E-state index contributed by atoms with van der Waals surface area (Å²) in [4.78, 5) is 19.7. The van der Waals surface area contributed by atoms with Gasteiger partial charge in [0.2, 0.25) is 0 Å². The summed E-state index contributed by atoms with van der Waals surface area (Å²) in [6, 6.07) is 12.0. The molecule has 0 bridgehead atoms. The van der Waals surface area contributed by atoms with Crippen LogP contribution in [-0.4, -0.2) is 20.3 Å². The summed E-state index contributed by atoms with van der Waals surface area (Å²) in [6.07, 6.45) is 5.26. The molecule has 1 aliphatic carbocycles. The zero-order chi connectivity index (χ0) is 17.9. The van der Waals surface area contributed by atoms with E-state index in [1.165, 1.54) is 18.4 Å². The SMILES string of the molecule is N#Cc1cc2c(nc1SCCCn1c(=O)[nH]c3ccccc31)CCCC2. The molecular formula is C20H20N4OS. The number of rotatable bonds is 5. The van der Waals surface area contributed by atoms with Crippen LogP contribution in [0, 0.1) is 11.3 Å². The fourth-order valence-electron chi connectivity index (χ4n) is 3.53. The monoisotopic (exact) mass is 364 g/mol. The van der Waals surface area contributed by atoms with Gasteiger partial charge in [0.25, 0.3) is 0 Å². The van der Waals surface area contributed by atoms with Crippen molar-refractivity contribution in [2.45, 2.75) is 43.7 Å². The summed E-state index contributed by atoms with van der Waals surface area (Å²) in [5.41, 5.74) is 4.81. The number of H-pyrrole nitrogens is 1. The lowest BCUT2D eigenvalue weighted by molar-refractivity contribution is 0.659. The molecule has 1 N–H and O–H groups in total. The van der Waals surface area contributed by atoms with E-state index in [0.717, 1.165) is 46.8 Å². The largest absolute Gasteiger partial charge is 0.326 e. The highest BCUT2D eigenvalue weighted by Crippen LogP contribution is 2.27. The number of benzene rings is 1. The molecule has 5 nitrogen and oxygen atoms in total. The van der Waals surface area contributed by atoms with Gasteiger partial charge in [0.15, 0.2) is 0 Å². The lowest BCUT2D eigenvalue weighted by Gasteiger charge is -2.16. The molecule has 0 unspecified atom stereocenters. The van der Waals surface area contributed by atoms with Crippen LogP contribution in [0.25, 0.3) is 11.0 Å². The van der Waals surface area contributed by atoms with Gasteiger partial charge in [-0.3, -0.25) is 4.57 Å². The summed E-state index contributed by atoms with van der Waals surface area (Å²) in [5, 5.41) is 10.3. The highest BCUT2D eigenvalue weighted by molar-refractivity contribution is 7.99. The summed E-state index contributed by atoms with van der Waals surface area (Å²) in [5.74, 6) is 0.826. The van der Waals surface area contributed by atoms with Crippen LogP contribution in [0.3, 0.4) is 0 Å². The molecule has 0 amide bonds. The molecule has 0 spiro atoms. The van der Waals surface area contributed by atoms with Crippen molar-refractivity contribution in [2.24, 2.45) is 0 Å². The Morgan fingerprint density at radius 2 is 2.12 bits per heavy atom. The van der Waals surface area contributed by atoms with Gasteiger partial charge < -0.3 is 4.98 Å². The second-order valence-corrected chi connectivity index (χ2v) is 7.65. The van der Waals surface area contributed by atoms with Gasteiger partial charge in [0, 0.05) is 18.0 Å². The van der Waals surface area contributed by atoms with E-state index in [4.69, 9.17) is 4.98 Å². The zero-order valence-corrected chi connectivity index (χ0v) is 15.3. The number of hydrogen-bond acceptors (Lipinski definition) is 4. The van der Waals surface area contributed by atoms with E-state index < -0.39 is 0 Å². The molecule has 0 fully saturated rings. The van der Waals surface area contributed by atoms with Crippen molar-refractivity contribution in [1.29, 1.82) is 5.26 Å². The van der Waals surface area contributed by atoms with Gasteiger partial charge in [-0.2, -0.15) is 5.26 Å². The van der Waals surface area contributed by atoms with E-state index in [9.17, 15) is 10.1 Å². The summed E-state index contributed by atoms with van der Waals surface area (Å²) in [7, 11) is 0. The zero-order valence-electron chi connectivity index (χ0n) is 14.5. The van der Waals surface area contributed by atoms with E-state index in [1.807, 2.05) is 30.3 Å². The molecule has 1 aromatic carbocycles. The normalized spacial score (nSPS) is 13.5. The molecular weight excluding hydrogens is 344 g/mol. The maximum atomic E-state index is 12.1. The van der Waals surface area contributed by atoms with Crippen LogP contribution in [-0.2, 0) is 19.4 Å². The summed E-state index contributed by atoms with van der Waals surface area (Å²) in [6.45, 7) is 0.655. The Labute approximate surface area is 156 Å². The molecule has 0 saturated heterocycles. The molecule has 0 saturated carbocycles. The molecule has 26 heavy (non-hydrogen) atoms. The van der Waals surface area contributed by atoms with Crippen LogP contribution in [0.5, 0.6) is 0 Å². The Morgan fingerprint density at radius 3 is 3.00 bits per heavy atom. The van der Waals surface area contributed by atoms with Crippen LogP contribution in [0.2, 0.25) is 0 Å². The Bertz CT molecular complexity index is 1040. The number of thioether (sulfide) groups is 1. The van der Waals surface area contributed by atoms with Gasteiger partial charge >= 0.3 is 5.69 Å². The molecule has 2 aromatic heterocycles. The quantitative estimate of drug-likeness (QED) is 0.554. The van der Waals surface area contributed by atoms with Crippen molar-refractivity contribution >= 4 is 22.8 Å². The molecule has 0 atom stereocenters. The van der Waals surface area contributed by atoms with Crippen molar-refractivity contribution in [3.63, 3.8) is 0 Å². The van der Waals surface area contributed by atoms with Crippen LogP contribution < -0.4 is 5.69 Å². The highest BCUT2D eigenvalue weighted by atomic mass is 32.2. The number of nitriles is 1. The molecule has 4 rings (SSSR count). The van der Waals surface area contributed by atoms with Crippen molar-refractivity contribution in [1.82, 2.24) is 14.5 Å². The molecule has 0 aliphatic heterocycles. The van der Waals surface area contributed by atoms with Gasteiger partial charge in [-0.1, -0.05) is 12.1 Å². The molecule has 2 heterocycles. The third-order valence-electron chi connectivity index (χ3n) is 4.83. The van der Waals surface area contributed by atoms with E-state index in [-0.39, 0.29) is 5.69 Å². The van der Waals surface area contributed by atoms with Crippen LogP contribution in [0.15, 0.2) is 40.2 Å². The Kier molecular flexibility index (Phi) is 4.81. The van der Waals surface area contributed by atoms with Crippen molar-refractivity contribution in [2.75, 3.05) is 5.75 Å². The molecule has 1 aliphatic rings. The third kappa shape index (κ3) is 3.27. The van der Waals surface area contributed by atoms with Gasteiger partial charge in [-0.15, -0.1) is 11.8 Å². The van der Waals surface area contributed by atoms with Crippen molar-refractivity contribution in [3.8, 4) is 6.07 Å². The first kappa shape index (κ1) is 16.9. The predicted octanol–water partition coefficient (Wildman–Crippen LogP) is 3.66. The first-order valence-electron chi connectivity index (χ1n) is 8.99. The first-order valence-corrected chi connectivity index (χ1v) is 9.98. The van der Waals surface area contributed by atoms with E-state index in [2.05, 4.69) is 11.1 Å². The van der Waals surface area contributed by atoms with E-state index in [1.54, 1.807) is 16.3 Å². The van der Waals surface area contributed by atoms with Crippen LogP contribution in [0.1, 0.15) is 36.1 Å². The molecule has 132 valence electrons. The molecule has 0 radical (unpaired) electrons. The molecule has 3 aromatic rings. The maximum absolute atomic E-state index is 12.1. The topological polar surface area (TPSA) is 74.5 Å². The number of aromatic amines is 1. The van der Waals surface area contributed by atoms with Crippen molar-refractivity contribution in [3.05, 3.63) is 57.6 Å². The third-order valence-corrected chi connectivity index (χ3v) is 5.91. The minimum atomic E-state index is -0.0687. The minimum Gasteiger partial charge on any atom is -0.306 e. The summed E-state index contributed by atoms with van der Waals surface area (Å²) < 4.78 is 1.78. The second-order valence-electron chi connectivity index (χ2n) is 6.57. The second kappa shape index (κ2) is 7.38. The average molecular weight is 364 g/mol. The van der Waals surface area contributed by atoms with E-state index in [0.29, 0.717) is 12.1 Å². The highest BCUT2D eigenvalue weighted by Gasteiger charge is 2.15. The number of aryl methyl sites for hydroxylation is 3. The van der Waals surface area contributed by atoms with Crippen molar-refractivity contribution < 1.29 is 0 Å². The smallest absolute Gasteiger partial charge is 0.306 e. The number of pyridine rings is 1. The van der Waals surface area contributed by atoms with E-state index >= 15 is 0 Å². The van der Waals surface area contributed by atoms with Crippen LogP contribution in [0.4, 0.5) is 0 Å². The first-order chi connectivity index (χ1) is 12.8. The fourth-order valence-corrected chi connectivity index (χ4v) is 4.43. The minimum absolute atomic E-state index is 0.0687. The van der Waals surface area contributed by atoms with Gasteiger partial charge in [-0.05, 0) is 55.9 Å². The lowest BCUT2D eigenvalue weighted by atomic mass is 9.95. The van der Waals surface area contributed by atoms with Gasteiger partial charge in [0.05, 0.1) is 16.6 Å². The number of imidazole rings is 1. The molecule has 6 heteroatoms. The van der Waals surface area contributed by atoms with Gasteiger partial charge in [-0.25, -0.2) is 9.78 Å². The number of nitrogens with one attached hydrogen (secondary N) is 1. The number of fused-ring (bicyclic) bond motifs is 2. The van der Waals surface area contributed by atoms with Crippen LogP contribution >= 0.6 is 11.8 Å². The van der Waals surface area contributed by atoms with Gasteiger partial charge in [0.1, 0.15) is 11.1 Å². The lowest BCUT2D eigenvalue weighted by Crippen LogP contribution is -2.17. The number of para-hydroxylation sites is 2. The number of nitrogens with zero attached hydrogens (tertiary/aromatic N) is 3.